The molecular formula is C28H35N5O3. The molecule has 0 amide bonds. The molecular weight excluding hydrogens is 454 g/mol. The summed E-state index contributed by atoms with van der Waals surface area (Å²) >= 11 is 0. The van der Waals surface area contributed by atoms with Gasteiger partial charge >= 0.3 is 5.69 Å². The zero-order valence-electron chi connectivity index (χ0n) is 21.8. The van der Waals surface area contributed by atoms with Gasteiger partial charge in [-0.3, -0.25) is 9.13 Å². The van der Waals surface area contributed by atoms with Crippen LogP contribution in [0.25, 0.3) is 33.2 Å². The Morgan fingerprint density at radius 2 is 1.86 bits per heavy atom. The molecule has 5 rings (SSSR count). The highest BCUT2D eigenvalue weighted by Gasteiger charge is 2.37. The predicted octanol–water partition coefficient (Wildman–Crippen LogP) is 4.27. The van der Waals surface area contributed by atoms with Crippen molar-refractivity contribution in [2.75, 3.05) is 40.5 Å². The minimum absolute atomic E-state index is 0.0161. The van der Waals surface area contributed by atoms with Crippen LogP contribution in [-0.4, -0.2) is 64.7 Å². The van der Waals surface area contributed by atoms with Crippen LogP contribution in [-0.2, 0) is 11.8 Å². The van der Waals surface area contributed by atoms with E-state index in [1.807, 2.05) is 22.8 Å². The lowest BCUT2D eigenvalue weighted by Crippen LogP contribution is -2.41. The molecule has 2 aromatic carbocycles. The van der Waals surface area contributed by atoms with Crippen molar-refractivity contribution in [3.63, 3.8) is 0 Å². The summed E-state index contributed by atoms with van der Waals surface area (Å²) in [5.74, 6) is 0.866. The molecule has 190 valence electrons. The summed E-state index contributed by atoms with van der Waals surface area (Å²) in [6.07, 6.45) is 1.77. The summed E-state index contributed by atoms with van der Waals surface area (Å²) in [7, 11) is 5.91. The van der Waals surface area contributed by atoms with Gasteiger partial charge in [0.15, 0.2) is 5.65 Å². The van der Waals surface area contributed by atoms with E-state index < -0.39 is 0 Å². The number of aromatic nitrogens is 4. The molecule has 36 heavy (non-hydrogen) atoms. The number of rotatable bonds is 7. The van der Waals surface area contributed by atoms with Gasteiger partial charge < -0.3 is 14.4 Å². The van der Waals surface area contributed by atoms with Crippen molar-refractivity contribution in [1.29, 1.82) is 0 Å². The molecule has 0 aliphatic carbocycles. The number of fused-ring (bicyclic) bond motifs is 3. The maximum Gasteiger partial charge on any atom is 0.330 e. The van der Waals surface area contributed by atoms with E-state index in [2.05, 4.69) is 67.3 Å². The van der Waals surface area contributed by atoms with Crippen molar-refractivity contribution in [3.8, 4) is 16.9 Å². The van der Waals surface area contributed by atoms with E-state index in [9.17, 15) is 4.79 Å². The van der Waals surface area contributed by atoms with E-state index in [1.54, 1.807) is 11.6 Å². The van der Waals surface area contributed by atoms with Crippen molar-refractivity contribution in [1.82, 2.24) is 24.2 Å². The third-order valence-electron chi connectivity index (χ3n) is 7.20. The van der Waals surface area contributed by atoms with E-state index in [1.165, 1.54) is 0 Å². The minimum Gasteiger partial charge on any atom is -0.494 e. The zero-order chi connectivity index (χ0) is 25.4. The third kappa shape index (κ3) is 4.51. The average molecular weight is 490 g/mol. The fourth-order valence-electron chi connectivity index (χ4n) is 5.17. The molecule has 1 saturated heterocycles. The Hall–Kier alpha value is -3.23. The molecule has 8 heteroatoms. The van der Waals surface area contributed by atoms with Crippen molar-refractivity contribution in [2.24, 2.45) is 12.5 Å². The molecule has 0 radical (unpaired) electrons. The van der Waals surface area contributed by atoms with E-state index in [-0.39, 0.29) is 17.1 Å². The highest BCUT2D eigenvalue weighted by atomic mass is 16.5. The van der Waals surface area contributed by atoms with Gasteiger partial charge in [0.05, 0.1) is 18.7 Å². The van der Waals surface area contributed by atoms with Gasteiger partial charge in [0.2, 0.25) is 0 Å². The summed E-state index contributed by atoms with van der Waals surface area (Å²) in [4.78, 5) is 15.6. The molecule has 1 atom stereocenters. The Morgan fingerprint density at radius 3 is 2.58 bits per heavy atom. The van der Waals surface area contributed by atoms with Crippen LogP contribution in [0.5, 0.6) is 5.75 Å². The van der Waals surface area contributed by atoms with Crippen molar-refractivity contribution in [3.05, 3.63) is 52.9 Å². The first-order valence-electron chi connectivity index (χ1n) is 12.6. The molecule has 8 nitrogen and oxygen atoms in total. The van der Waals surface area contributed by atoms with Crippen LogP contribution in [0.2, 0.25) is 0 Å². The van der Waals surface area contributed by atoms with Crippen LogP contribution in [0.15, 0.2) is 47.3 Å². The molecule has 2 aromatic heterocycles. The molecule has 0 saturated carbocycles. The highest BCUT2D eigenvalue weighted by molar-refractivity contribution is 6.02. The van der Waals surface area contributed by atoms with Crippen LogP contribution in [0, 0.1) is 5.41 Å². The number of hydrogen-bond donors (Lipinski definition) is 0. The van der Waals surface area contributed by atoms with Crippen LogP contribution in [0.4, 0.5) is 0 Å². The van der Waals surface area contributed by atoms with E-state index in [0.717, 1.165) is 52.7 Å². The Labute approximate surface area is 211 Å². The number of nitrogens with zero attached hydrogens (tertiary/aromatic N) is 5. The lowest BCUT2D eigenvalue weighted by atomic mass is 9.81. The molecule has 0 spiro atoms. The fraction of sp³-hybridized carbons (Fsp3) is 0.464. The number of aryl methyl sites for hydroxylation is 1. The summed E-state index contributed by atoms with van der Waals surface area (Å²) in [5, 5.41) is 9.80. The first-order chi connectivity index (χ1) is 17.3. The standard InChI is InChI=1S/C28H35N5O3/c1-28(2)18-35-16-13-24(28)33-25-22-17-20(9-12-23(22)29-30-26(25)32(5)27(33)34)19-7-10-21(11-8-19)36-15-6-14-31(3)4/h7-12,17,24H,6,13-16,18H2,1-5H3/t24-/m0/s1. The SMILES string of the molecule is CN(C)CCCOc1ccc(-c2ccc3nnc4c(c3c2)n([C@H]2CCOCC2(C)C)c(=O)n4C)cc1. The summed E-state index contributed by atoms with van der Waals surface area (Å²) in [6, 6.07) is 14.4. The zero-order valence-corrected chi connectivity index (χ0v) is 21.8. The van der Waals surface area contributed by atoms with Gasteiger partial charge in [0.25, 0.3) is 0 Å². The lowest BCUT2D eigenvalue weighted by molar-refractivity contribution is -0.0253. The number of ether oxygens (including phenoxy) is 2. The average Bonchev–Trinajstić information content (AvgIpc) is 3.12. The lowest BCUT2D eigenvalue weighted by Gasteiger charge is -2.38. The molecule has 3 heterocycles. The summed E-state index contributed by atoms with van der Waals surface area (Å²) < 4.78 is 15.2. The molecule has 0 N–H and O–H groups in total. The number of imidazole rings is 1. The maximum absolute atomic E-state index is 13.5. The van der Waals surface area contributed by atoms with Gasteiger partial charge in [-0.1, -0.05) is 32.0 Å². The Kier molecular flexibility index (Phi) is 6.57. The van der Waals surface area contributed by atoms with Gasteiger partial charge in [-0.15, -0.1) is 10.2 Å². The van der Waals surface area contributed by atoms with Gasteiger partial charge in [-0.2, -0.15) is 0 Å². The smallest absolute Gasteiger partial charge is 0.330 e. The number of hydrogen-bond acceptors (Lipinski definition) is 6. The van der Waals surface area contributed by atoms with E-state index >= 15 is 0 Å². The van der Waals surface area contributed by atoms with Crippen molar-refractivity contribution < 1.29 is 9.47 Å². The van der Waals surface area contributed by atoms with Crippen LogP contribution >= 0.6 is 0 Å². The Balaban J connectivity index is 1.54. The second-order valence-corrected chi connectivity index (χ2v) is 10.7. The van der Waals surface area contributed by atoms with Gasteiger partial charge in [0, 0.05) is 37.0 Å². The topological polar surface area (TPSA) is 74.4 Å². The van der Waals surface area contributed by atoms with Crippen LogP contribution in [0.1, 0.15) is 32.7 Å². The second kappa shape index (κ2) is 9.67. The van der Waals surface area contributed by atoms with Gasteiger partial charge in [0.1, 0.15) is 11.3 Å². The molecule has 1 aliphatic rings. The van der Waals surface area contributed by atoms with Crippen molar-refractivity contribution in [2.45, 2.75) is 32.7 Å². The molecule has 0 unspecified atom stereocenters. The largest absolute Gasteiger partial charge is 0.494 e. The summed E-state index contributed by atoms with van der Waals surface area (Å²) in [5.41, 5.74) is 4.13. The normalized spacial score (nSPS) is 17.8. The number of benzene rings is 2. The van der Waals surface area contributed by atoms with E-state index in [4.69, 9.17) is 9.47 Å². The van der Waals surface area contributed by atoms with E-state index in [0.29, 0.717) is 25.5 Å². The second-order valence-electron chi connectivity index (χ2n) is 10.7. The minimum atomic E-state index is -0.175. The predicted molar refractivity (Wildman–Crippen MR) is 143 cm³/mol. The molecule has 0 bridgehead atoms. The quantitative estimate of drug-likeness (QED) is 0.361. The summed E-state index contributed by atoms with van der Waals surface area (Å²) in [6.45, 7) is 7.28. The first-order valence-corrected chi connectivity index (χ1v) is 12.6. The molecule has 4 aromatic rings. The van der Waals surface area contributed by atoms with Crippen molar-refractivity contribution >= 4 is 22.1 Å². The van der Waals surface area contributed by atoms with Crippen LogP contribution < -0.4 is 10.4 Å². The molecule has 1 aliphatic heterocycles. The Bertz CT molecular complexity index is 1440. The Morgan fingerprint density at radius 1 is 1.11 bits per heavy atom. The first kappa shape index (κ1) is 24.5. The fourth-order valence-corrected chi connectivity index (χ4v) is 5.17. The van der Waals surface area contributed by atoms with Gasteiger partial charge in [-0.05, 0) is 62.3 Å². The van der Waals surface area contributed by atoms with Crippen LogP contribution in [0.3, 0.4) is 0 Å². The molecule has 1 fully saturated rings. The van der Waals surface area contributed by atoms with Gasteiger partial charge in [-0.25, -0.2) is 4.79 Å². The third-order valence-corrected chi connectivity index (χ3v) is 7.20. The monoisotopic (exact) mass is 489 g/mol. The maximum atomic E-state index is 13.5. The highest BCUT2D eigenvalue weighted by Crippen LogP contribution is 2.39.